The first kappa shape index (κ1) is 11.2. The molecule has 2 aliphatic rings. The summed E-state index contributed by atoms with van der Waals surface area (Å²) >= 11 is 0. The predicted octanol–water partition coefficient (Wildman–Crippen LogP) is 1.27. The number of fused-ring (bicyclic) bond motifs is 1. The van der Waals surface area contributed by atoms with Gasteiger partial charge in [-0.3, -0.25) is 9.69 Å². The summed E-state index contributed by atoms with van der Waals surface area (Å²) in [5, 5.41) is 2.45. The number of hydrogen-bond donors (Lipinski definition) is 1. The number of alkyl halides is 3. The van der Waals surface area contributed by atoms with Crippen LogP contribution in [0.3, 0.4) is 0 Å². The molecule has 1 aliphatic carbocycles. The van der Waals surface area contributed by atoms with E-state index >= 15 is 0 Å². The Morgan fingerprint density at radius 2 is 2.00 bits per heavy atom. The number of imide groups is 1. The number of nitrogens with zero attached hydrogens (tertiary/aromatic N) is 1. The van der Waals surface area contributed by atoms with E-state index in [-0.39, 0.29) is 10.9 Å². The van der Waals surface area contributed by atoms with Crippen LogP contribution in [0.25, 0.3) is 0 Å². The lowest BCUT2D eigenvalue weighted by atomic mass is 10.00. The van der Waals surface area contributed by atoms with Crippen LogP contribution in [0, 0.1) is 5.92 Å². The molecule has 0 aromatic rings. The molecule has 0 bridgehead atoms. The molecule has 2 atom stereocenters. The van der Waals surface area contributed by atoms with Gasteiger partial charge in [0.05, 0.1) is 5.92 Å². The first-order valence-electron chi connectivity index (χ1n) is 5.07. The molecule has 3 amide bonds. The Hall–Kier alpha value is -1.27. The normalized spacial score (nSPS) is 30.3. The number of carbonyl (C=O) groups is 2. The van der Waals surface area contributed by atoms with E-state index in [1.165, 1.54) is 0 Å². The van der Waals surface area contributed by atoms with E-state index in [1.807, 2.05) is 0 Å². The second-order valence-corrected chi connectivity index (χ2v) is 4.13. The van der Waals surface area contributed by atoms with Crippen LogP contribution in [0.2, 0.25) is 0 Å². The zero-order valence-electron chi connectivity index (χ0n) is 8.38. The Bertz CT molecular complexity index is 329. The van der Waals surface area contributed by atoms with Crippen molar-refractivity contribution >= 4 is 11.9 Å². The van der Waals surface area contributed by atoms with Gasteiger partial charge in [0.1, 0.15) is 6.54 Å². The highest BCUT2D eigenvalue weighted by molar-refractivity contribution is 5.98. The topological polar surface area (TPSA) is 49.4 Å². The van der Waals surface area contributed by atoms with Crippen LogP contribution in [0.15, 0.2) is 0 Å². The Balaban J connectivity index is 2.13. The van der Waals surface area contributed by atoms with Gasteiger partial charge >= 0.3 is 12.2 Å². The van der Waals surface area contributed by atoms with Crippen molar-refractivity contribution in [1.29, 1.82) is 0 Å². The van der Waals surface area contributed by atoms with E-state index in [2.05, 4.69) is 5.32 Å². The molecule has 0 radical (unpaired) electrons. The highest BCUT2D eigenvalue weighted by atomic mass is 19.4. The van der Waals surface area contributed by atoms with Crippen molar-refractivity contribution in [2.24, 2.45) is 5.92 Å². The quantitative estimate of drug-likeness (QED) is 0.745. The number of rotatable bonds is 1. The first-order valence-corrected chi connectivity index (χ1v) is 5.07. The van der Waals surface area contributed by atoms with E-state index in [0.29, 0.717) is 12.8 Å². The van der Waals surface area contributed by atoms with Gasteiger partial charge in [0.25, 0.3) is 0 Å². The van der Waals surface area contributed by atoms with Gasteiger partial charge in [-0.2, -0.15) is 13.2 Å². The predicted molar refractivity (Wildman–Crippen MR) is 47.4 cm³/mol. The van der Waals surface area contributed by atoms with Crippen molar-refractivity contribution < 1.29 is 22.8 Å². The van der Waals surface area contributed by atoms with Crippen molar-refractivity contribution in [2.45, 2.75) is 31.5 Å². The van der Waals surface area contributed by atoms with Gasteiger partial charge in [-0.15, -0.1) is 0 Å². The van der Waals surface area contributed by atoms with Crippen LogP contribution in [0.4, 0.5) is 18.0 Å². The number of halogens is 3. The van der Waals surface area contributed by atoms with Crippen LogP contribution in [0.5, 0.6) is 0 Å². The third-order valence-electron chi connectivity index (χ3n) is 2.99. The second-order valence-electron chi connectivity index (χ2n) is 4.13. The fourth-order valence-corrected chi connectivity index (χ4v) is 2.29. The minimum Gasteiger partial charge on any atom is -0.334 e. The Labute approximate surface area is 89.8 Å². The molecule has 1 N–H and O–H groups in total. The van der Waals surface area contributed by atoms with Crippen LogP contribution >= 0.6 is 0 Å². The van der Waals surface area contributed by atoms with Crippen LogP contribution in [-0.2, 0) is 4.79 Å². The summed E-state index contributed by atoms with van der Waals surface area (Å²) < 4.78 is 36.5. The minimum absolute atomic E-state index is 0.270. The van der Waals surface area contributed by atoms with Gasteiger partial charge in [0.2, 0.25) is 5.91 Å². The van der Waals surface area contributed by atoms with Gasteiger partial charge in [0, 0.05) is 6.04 Å². The maximum atomic E-state index is 12.2. The van der Waals surface area contributed by atoms with Crippen molar-refractivity contribution in [1.82, 2.24) is 10.2 Å². The summed E-state index contributed by atoms with van der Waals surface area (Å²) in [4.78, 5) is 23.2. The van der Waals surface area contributed by atoms with Crippen LogP contribution in [0.1, 0.15) is 19.3 Å². The molecule has 1 heterocycles. The molecular weight excluding hydrogens is 225 g/mol. The number of carbonyl (C=O) groups excluding carboxylic acids is 2. The zero-order valence-corrected chi connectivity index (χ0v) is 8.38. The molecule has 4 nitrogen and oxygen atoms in total. The van der Waals surface area contributed by atoms with Crippen LogP contribution < -0.4 is 5.32 Å². The molecule has 2 rings (SSSR count). The molecule has 90 valence electrons. The van der Waals surface area contributed by atoms with Crippen molar-refractivity contribution in [3.63, 3.8) is 0 Å². The second kappa shape index (κ2) is 3.64. The first-order chi connectivity index (χ1) is 7.38. The molecule has 0 aromatic heterocycles. The largest absolute Gasteiger partial charge is 0.406 e. The maximum Gasteiger partial charge on any atom is 0.406 e. The van der Waals surface area contributed by atoms with Crippen LogP contribution in [-0.4, -0.2) is 35.6 Å². The molecule has 1 saturated carbocycles. The molecule has 0 aromatic carbocycles. The van der Waals surface area contributed by atoms with E-state index in [9.17, 15) is 22.8 Å². The molecule has 1 aliphatic heterocycles. The van der Waals surface area contributed by atoms with E-state index in [1.54, 1.807) is 0 Å². The summed E-state index contributed by atoms with van der Waals surface area (Å²) in [6.07, 6.45) is -2.56. The Morgan fingerprint density at radius 3 is 2.62 bits per heavy atom. The minimum atomic E-state index is -4.54. The third kappa shape index (κ3) is 1.98. The summed E-state index contributed by atoms with van der Waals surface area (Å²) in [5.41, 5.74) is 0. The molecule has 2 fully saturated rings. The lowest BCUT2D eigenvalue weighted by Gasteiger charge is -2.34. The number of amides is 3. The summed E-state index contributed by atoms with van der Waals surface area (Å²) in [6.45, 7) is -1.50. The zero-order chi connectivity index (χ0) is 11.9. The number of nitrogens with one attached hydrogen (secondary N) is 1. The molecule has 0 spiro atoms. The van der Waals surface area contributed by atoms with E-state index in [0.717, 1.165) is 6.42 Å². The summed E-state index contributed by atoms with van der Waals surface area (Å²) in [5.74, 6) is -1.16. The summed E-state index contributed by atoms with van der Waals surface area (Å²) in [7, 11) is 0. The van der Waals surface area contributed by atoms with Gasteiger partial charge in [-0.1, -0.05) is 6.42 Å². The fourth-order valence-electron chi connectivity index (χ4n) is 2.29. The lowest BCUT2D eigenvalue weighted by molar-refractivity contribution is -0.159. The summed E-state index contributed by atoms with van der Waals surface area (Å²) in [6, 6.07) is -1.20. The number of urea groups is 1. The Kier molecular flexibility index (Phi) is 2.55. The fraction of sp³-hybridized carbons (Fsp3) is 0.778. The molecule has 7 heteroatoms. The molecule has 1 saturated heterocycles. The average Bonchev–Trinajstić information content (AvgIpc) is 2.58. The SMILES string of the molecule is O=C1NC2CCCC2C(=O)N1CC(F)(F)F. The molecular formula is C9H11F3N2O2. The maximum absolute atomic E-state index is 12.2. The smallest absolute Gasteiger partial charge is 0.334 e. The average molecular weight is 236 g/mol. The van der Waals surface area contributed by atoms with E-state index in [4.69, 9.17) is 0 Å². The van der Waals surface area contributed by atoms with Gasteiger partial charge in [-0.25, -0.2) is 4.79 Å². The highest BCUT2D eigenvalue weighted by Gasteiger charge is 2.46. The Morgan fingerprint density at radius 1 is 1.31 bits per heavy atom. The molecule has 2 unspecified atom stereocenters. The van der Waals surface area contributed by atoms with Crippen molar-refractivity contribution in [3.8, 4) is 0 Å². The van der Waals surface area contributed by atoms with E-state index < -0.39 is 30.6 Å². The van der Waals surface area contributed by atoms with Gasteiger partial charge in [-0.05, 0) is 12.8 Å². The van der Waals surface area contributed by atoms with Crippen molar-refractivity contribution in [2.75, 3.05) is 6.54 Å². The lowest BCUT2D eigenvalue weighted by Crippen LogP contribution is -2.60. The standard InChI is InChI=1S/C9H11F3N2O2/c10-9(11,12)4-14-7(15)5-2-1-3-6(5)13-8(14)16/h5-6H,1-4H2,(H,13,16). The monoisotopic (exact) mass is 236 g/mol. The van der Waals surface area contributed by atoms with Crippen molar-refractivity contribution in [3.05, 3.63) is 0 Å². The number of hydrogen-bond acceptors (Lipinski definition) is 2. The van der Waals surface area contributed by atoms with Gasteiger partial charge in [0.15, 0.2) is 0 Å². The third-order valence-corrected chi connectivity index (χ3v) is 2.99. The molecule has 16 heavy (non-hydrogen) atoms. The highest BCUT2D eigenvalue weighted by Crippen LogP contribution is 2.31. The van der Waals surface area contributed by atoms with Gasteiger partial charge < -0.3 is 5.32 Å².